The summed E-state index contributed by atoms with van der Waals surface area (Å²) in [6.07, 6.45) is 5.86. The Kier molecular flexibility index (Phi) is 6.22. The molecule has 1 fully saturated rings. The first-order valence-electron chi connectivity index (χ1n) is 9.89. The molecule has 3 aromatic heterocycles. The lowest BCUT2D eigenvalue weighted by atomic mass is 10.0. The minimum absolute atomic E-state index is 0.0871. The second kappa shape index (κ2) is 9.21. The zero-order chi connectivity index (χ0) is 20.9. The molecule has 1 saturated heterocycles. The predicted octanol–water partition coefficient (Wildman–Crippen LogP) is 2.22. The van der Waals surface area contributed by atoms with E-state index in [4.69, 9.17) is 4.74 Å². The van der Waals surface area contributed by atoms with Crippen LogP contribution in [0.2, 0.25) is 0 Å². The van der Waals surface area contributed by atoms with Crippen molar-refractivity contribution in [3.8, 4) is 11.4 Å². The number of nitrogens with zero attached hydrogens (tertiary/aromatic N) is 6. The number of hydrogen-bond acceptors (Lipinski definition) is 8. The number of pyridine rings is 1. The van der Waals surface area contributed by atoms with Gasteiger partial charge in [-0.3, -0.25) is 9.78 Å². The van der Waals surface area contributed by atoms with Crippen LogP contribution in [0.5, 0.6) is 0 Å². The van der Waals surface area contributed by atoms with E-state index in [0.717, 1.165) is 18.4 Å². The molecule has 1 aliphatic rings. The third kappa shape index (κ3) is 4.28. The van der Waals surface area contributed by atoms with E-state index in [0.29, 0.717) is 36.1 Å². The van der Waals surface area contributed by atoms with Crippen LogP contribution in [0.25, 0.3) is 17.0 Å². The molecule has 3 aromatic rings. The van der Waals surface area contributed by atoms with Crippen LogP contribution in [0, 0.1) is 0 Å². The number of likely N-dealkylation sites (tertiary alicyclic amines) is 1. The maximum absolute atomic E-state index is 12.8. The van der Waals surface area contributed by atoms with Gasteiger partial charge in [0, 0.05) is 24.5 Å². The number of fused-ring (bicyclic) bond motifs is 1. The van der Waals surface area contributed by atoms with Gasteiger partial charge in [0.05, 0.1) is 12.4 Å². The van der Waals surface area contributed by atoms with E-state index >= 15 is 0 Å². The molecule has 1 atom stereocenters. The molecule has 156 valence electrons. The fraction of sp³-hybridized carbons (Fsp3) is 0.400. The summed E-state index contributed by atoms with van der Waals surface area (Å²) >= 11 is 1.32. The Labute approximate surface area is 177 Å². The Morgan fingerprint density at radius 1 is 1.23 bits per heavy atom. The van der Waals surface area contributed by atoms with Gasteiger partial charge in [0.15, 0.2) is 11.5 Å². The molecule has 30 heavy (non-hydrogen) atoms. The standard InChI is InChI=1S/C20H22N6O3S/c1-2-29-20(28)15-7-3-4-11-25(15)18(27)13-30-17-9-8-16-22-23-19(26(16)24-17)14-6-5-10-21-12-14/h5-6,8-10,12,15H,2-4,7,11,13H2,1H3/t15-/m0/s1. The van der Waals surface area contributed by atoms with Crippen LogP contribution in [-0.4, -0.2) is 66.5 Å². The molecule has 0 aliphatic carbocycles. The average molecular weight is 427 g/mol. The van der Waals surface area contributed by atoms with Gasteiger partial charge in [0.1, 0.15) is 11.1 Å². The SMILES string of the molecule is CCOC(=O)[C@@H]1CCCCN1C(=O)CSc1ccc2nnc(-c3cccnc3)n2n1. The third-order valence-electron chi connectivity index (χ3n) is 4.88. The number of aromatic nitrogens is 5. The summed E-state index contributed by atoms with van der Waals surface area (Å²) in [4.78, 5) is 30.8. The first kappa shape index (κ1) is 20.3. The van der Waals surface area contributed by atoms with Gasteiger partial charge in [0.25, 0.3) is 0 Å². The van der Waals surface area contributed by atoms with Crippen molar-refractivity contribution >= 4 is 29.3 Å². The van der Waals surface area contributed by atoms with Gasteiger partial charge >= 0.3 is 5.97 Å². The first-order valence-corrected chi connectivity index (χ1v) is 10.9. The van der Waals surface area contributed by atoms with Gasteiger partial charge < -0.3 is 9.64 Å². The Morgan fingerprint density at radius 2 is 2.13 bits per heavy atom. The molecule has 4 heterocycles. The van der Waals surface area contributed by atoms with E-state index in [1.807, 2.05) is 24.3 Å². The molecule has 10 heteroatoms. The molecule has 0 spiro atoms. The third-order valence-corrected chi connectivity index (χ3v) is 5.79. The number of thioether (sulfide) groups is 1. The predicted molar refractivity (Wildman–Crippen MR) is 111 cm³/mol. The summed E-state index contributed by atoms with van der Waals surface area (Å²) in [5, 5.41) is 13.6. The molecular formula is C20H22N6O3S. The maximum Gasteiger partial charge on any atom is 0.328 e. The summed E-state index contributed by atoms with van der Waals surface area (Å²) in [7, 11) is 0. The van der Waals surface area contributed by atoms with E-state index < -0.39 is 6.04 Å². The summed E-state index contributed by atoms with van der Waals surface area (Å²) < 4.78 is 6.79. The highest BCUT2D eigenvalue weighted by Gasteiger charge is 2.33. The van der Waals surface area contributed by atoms with Gasteiger partial charge in [-0.15, -0.1) is 10.2 Å². The number of carbonyl (C=O) groups excluding carboxylic acids is 2. The van der Waals surface area contributed by atoms with E-state index in [1.165, 1.54) is 11.8 Å². The molecular weight excluding hydrogens is 404 g/mol. The Balaban J connectivity index is 1.48. The van der Waals surface area contributed by atoms with Crippen LogP contribution in [-0.2, 0) is 14.3 Å². The van der Waals surface area contributed by atoms with Crippen LogP contribution < -0.4 is 0 Å². The number of piperidine rings is 1. The van der Waals surface area contributed by atoms with Crippen molar-refractivity contribution in [2.75, 3.05) is 18.9 Å². The molecule has 1 aliphatic heterocycles. The van der Waals surface area contributed by atoms with Crippen LogP contribution in [0.3, 0.4) is 0 Å². The highest BCUT2D eigenvalue weighted by atomic mass is 32.2. The fourth-order valence-electron chi connectivity index (χ4n) is 3.46. The van der Waals surface area contributed by atoms with E-state index in [2.05, 4.69) is 20.3 Å². The van der Waals surface area contributed by atoms with Crippen LogP contribution in [0.1, 0.15) is 26.2 Å². The number of rotatable bonds is 6. The topological polar surface area (TPSA) is 103 Å². The average Bonchev–Trinajstić information content (AvgIpc) is 3.21. The molecule has 0 aromatic carbocycles. The molecule has 1 amide bonds. The largest absolute Gasteiger partial charge is 0.464 e. The van der Waals surface area contributed by atoms with Crippen LogP contribution in [0.4, 0.5) is 0 Å². The molecule has 9 nitrogen and oxygen atoms in total. The first-order chi connectivity index (χ1) is 14.7. The Morgan fingerprint density at radius 3 is 2.93 bits per heavy atom. The van der Waals surface area contributed by atoms with Gasteiger partial charge in [-0.05, 0) is 50.5 Å². The van der Waals surface area contributed by atoms with E-state index in [-0.39, 0.29) is 17.6 Å². The van der Waals surface area contributed by atoms with Crippen molar-refractivity contribution in [2.45, 2.75) is 37.3 Å². The Hall–Kier alpha value is -3.01. The van der Waals surface area contributed by atoms with Gasteiger partial charge in [-0.2, -0.15) is 9.61 Å². The maximum atomic E-state index is 12.8. The van der Waals surface area contributed by atoms with Crippen molar-refractivity contribution in [3.63, 3.8) is 0 Å². The van der Waals surface area contributed by atoms with Gasteiger partial charge in [-0.25, -0.2) is 4.79 Å². The normalized spacial score (nSPS) is 16.6. The zero-order valence-electron chi connectivity index (χ0n) is 16.6. The van der Waals surface area contributed by atoms with Crippen LogP contribution >= 0.6 is 11.8 Å². The number of hydrogen-bond donors (Lipinski definition) is 0. The molecule has 4 rings (SSSR count). The second-order valence-electron chi connectivity index (χ2n) is 6.85. The van der Waals surface area contributed by atoms with E-state index in [9.17, 15) is 9.59 Å². The van der Waals surface area contributed by atoms with Crippen molar-refractivity contribution in [2.24, 2.45) is 0 Å². The minimum Gasteiger partial charge on any atom is -0.464 e. The van der Waals surface area contributed by atoms with E-state index in [1.54, 1.807) is 28.7 Å². The lowest BCUT2D eigenvalue weighted by Gasteiger charge is -2.33. The molecule has 0 radical (unpaired) electrons. The fourth-order valence-corrected chi connectivity index (χ4v) is 4.20. The lowest BCUT2D eigenvalue weighted by Crippen LogP contribution is -2.49. The zero-order valence-corrected chi connectivity index (χ0v) is 17.4. The highest BCUT2D eigenvalue weighted by Crippen LogP contribution is 2.23. The molecule has 0 N–H and O–H groups in total. The quantitative estimate of drug-likeness (QED) is 0.437. The van der Waals surface area contributed by atoms with Crippen LogP contribution in [0.15, 0.2) is 41.7 Å². The van der Waals surface area contributed by atoms with Crippen molar-refractivity contribution < 1.29 is 14.3 Å². The van der Waals surface area contributed by atoms with Crippen molar-refractivity contribution in [1.82, 2.24) is 29.7 Å². The molecule has 0 bridgehead atoms. The van der Waals surface area contributed by atoms with Gasteiger partial charge in [-0.1, -0.05) is 11.8 Å². The minimum atomic E-state index is -0.489. The number of amides is 1. The number of ether oxygens (including phenoxy) is 1. The number of carbonyl (C=O) groups is 2. The van der Waals surface area contributed by atoms with Crippen molar-refractivity contribution in [3.05, 3.63) is 36.7 Å². The van der Waals surface area contributed by atoms with Gasteiger partial charge in [0.2, 0.25) is 5.91 Å². The monoisotopic (exact) mass is 426 g/mol. The lowest BCUT2D eigenvalue weighted by molar-refractivity contribution is -0.155. The number of esters is 1. The summed E-state index contributed by atoms with van der Waals surface area (Å²) in [6, 6.07) is 6.85. The summed E-state index contributed by atoms with van der Waals surface area (Å²) in [5.41, 5.74) is 1.42. The summed E-state index contributed by atoms with van der Waals surface area (Å²) in [5.74, 6) is 0.376. The second-order valence-corrected chi connectivity index (χ2v) is 7.84. The molecule has 0 unspecified atom stereocenters. The Bertz CT molecular complexity index is 1040. The molecule has 0 saturated carbocycles. The highest BCUT2D eigenvalue weighted by molar-refractivity contribution is 7.99. The summed E-state index contributed by atoms with van der Waals surface area (Å²) in [6.45, 7) is 2.66. The van der Waals surface area contributed by atoms with Crippen molar-refractivity contribution in [1.29, 1.82) is 0 Å². The smallest absolute Gasteiger partial charge is 0.328 e.